The third kappa shape index (κ3) is 4.43. The van der Waals surface area contributed by atoms with E-state index in [0.717, 1.165) is 56.2 Å². The summed E-state index contributed by atoms with van der Waals surface area (Å²) in [6.07, 6.45) is 0.753. The fourth-order valence-electron chi connectivity index (χ4n) is 4.15. The summed E-state index contributed by atoms with van der Waals surface area (Å²) in [5.41, 5.74) is 1.93. The molecule has 11 heteroatoms. The molecule has 1 saturated heterocycles. The van der Waals surface area contributed by atoms with Crippen LogP contribution in [0.4, 0.5) is 5.82 Å². The fraction of sp³-hybridized carbons (Fsp3) is 0.478. The number of aryl methyl sites for hydroxylation is 1. The zero-order valence-electron chi connectivity index (χ0n) is 20.2. The molecule has 0 amide bonds. The Bertz CT molecular complexity index is 1170. The van der Waals surface area contributed by atoms with Crippen LogP contribution < -0.4 is 19.1 Å². The molecule has 0 saturated carbocycles. The number of carbonyl (C=O) groups is 1. The van der Waals surface area contributed by atoms with Crippen LogP contribution >= 0.6 is 0 Å². The number of ether oxygens (including phenoxy) is 4. The Morgan fingerprint density at radius 2 is 1.71 bits per heavy atom. The molecule has 0 spiro atoms. The van der Waals surface area contributed by atoms with Crippen LogP contribution in [-0.2, 0) is 17.7 Å². The number of carbonyl (C=O) groups excluding carboxylic acids is 1. The van der Waals surface area contributed by atoms with E-state index in [1.54, 1.807) is 25.8 Å². The minimum Gasteiger partial charge on any atom is -0.493 e. The van der Waals surface area contributed by atoms with Crippen molar-refractivity contribution < 1.29 is 23.7 Å². The van der Waals surface area contributed by atoms with Gasteiger partial charge < -0.3 is 23.8 Å². The Kier molecular flexibility index (Phi) is 7.01. The molecule has 11 nitrogen and oxygen atoms in total. The maximum atomic E-state index is 11.9. The average Bonchev–Trinajstić information content (AvgIpc) is 3.32. The van der Waals surface area contributed by atoms with Crippen molar-refractivity contribution in [1.29, 1.82) is 0 Å². The molecule has 3 aromatic rings. The Hall–Kier alpha value is -3.60. The van der Waals surface area contributed by atoms with Crippen LogP contribution in [0, 0.1) is 0 Å². The Balaban J connectivity index is 1.53. The second-order valence-corrected chi connectivity index (χ2v) is 7.85. The number of aromatic nitrogens is 4. The van der Waals surface area contributed by atoms with Gasteiger partial charge in [-0.2, -0.15) is 9.50 Å². The number of hydrogen-bond acceptors (Lipinski definition) is 10. The van der Waals surface area contributed by atoms with Gasteiger partial charge in [0.25, 0.3) is 11.6 Å². The average molecular weight is 471 g/mol. The molecule has 4 rings (SSSR count). The molecule has 1 aliphatic heterocycles. The minimum atomic E-state index is -0.580. The van der Waals surface area contributed by atoms with Gasteiger partial charge >= 0.3 is 5.97 Å². The van der Waals surface area contributed by atoms with E-state index in [9.17, 15) is 4.79 Å². The molecule has 1 aliphatic rings. The Morgan fingerprint density at radius 3 is 2.32 bits per heavy atom. The molecular formula is C23H30N6O5. The highest BCUT2D eigenvalue weighted by atomic mass is 16.5. The molecule has 0 bridgehead atoms. The highest BCUT2D eigenvalue weighted by molar-refractivity contribution is 5.85. The lowest BCUT2D eigenvalue weighted by atomic mass is 10.1. The zero-order valence-corrected chi connectivity index (χ0v) is 20.2. The van der Waals surface area contributed by atoms with Crippen LogP contribution in [-0.4, -0.2) is 85.1 Å². The Labute approximate surface area is 198 Å². The van der Waals surface area contributed by atoms with Crippen molar-refractivity contribution in [1.82, 2.24) is 24.5 Å². The van der Waals surface area contributed by atoms with E-state index in [1.807, 2.05) is 25.1 Å². The van der Waals surface area contributed by atoms with Gasteiger partial charge in [-0.1, -0.05) is 13.0 Å². The van der Waals surface area contributed by atoms with Gasteiger partial charge in [-0.25, -0.2) is 9.78 Å². The van der Waals surface area contributed by atoms with E-state index in [-0.39, 0.29) is 5.82 Å². The van der Waals surface area contributed by atoms with E-state index in [1.165, 1.54) is 7.11 Å². The second kappa shape index (κ2) is 10.1. The number of esters is 1. The van der Waals surface area contributed by atoms with Gasteiger partial charge in [0.2, 0.25) is 5.75 Å². The fourth-order valence-corrected chi connectivity index (χ4v) is 4.15. The number of methoxy groups -OCH3 is 4. The summed E-state index contributed by atoms with van der Waals surface area (Å²) in [6.45, 7) is 5.99. The van der Waals surface area contributed by atoms with Crippen LogP contribution in [0.1, 0.15) is 28.8 Å². The lowest BCUT2D eigenvalue weighted by molar-refractivity contribution is 0.0587. The third-order valence-corrected chi connectivity index (χ3v) is 5.95. The predicted molar refractivity (Wildman–Crippen MR) is 125 cm³/mol. The normalized spacial score (nSPS) is 14.3. The topological polar surface area (TPSA) is 104 Å². The van der Waals surface area contributed by atoms with E-state index in [0.29, 0.717) is 23.0 Å². The van der Waals surface area contributed by atoms with Gasteiger partial charge in [-0.05, 0) is 12.5 Å². The van der Waals surface area contributed by atoms with Crippen LogP contribution in [0.2, 0.25) is 0 Å². The first-order chi connectivity index (χ1) is 16.5. The summed E-state index contributed by atoms with van der Waals surface area (Å²) in [7, 11) is 6.17. The van der Waals surface area contributed by atoms with Crippen molar-refractivity contribution in [3.05, 3.63) is 35.3 Å². The minimum absolute atomic E-state index is 0.00341. The van der Waals surface area contributed by atoms with Gasteiger partial charge in [0.1, 0.15) is 5.82 Å². The van der Waals surface area contributed by atoms with Crippen molar-refractivity contribution in [3.63, 3.8) is 0 Å². The molecule has 182 valence electrons. The molecule has 0 aliphatic carbocycles. The monoisotopic (exact) mass is 470 g/mol. The lowest BCUT2D eigenvalue weighted by Gasteiger charge is -2.36. The summed E-state index contributed by atoms with van der Waals surface area (Å²) in [5.74, 6) is 2.61. The smallest absolute Gasteiger partial charge is 0.378 e. The number of piperazine rings is 1. The standard InChI is InChI=1S/C23H30N6O5/c1-6-16-13-18(29-23(24-16)25-21(26-29)22(30)34-5)28-11-9-27(10-12-28)14-15-7-8-17(31-2)20(33-4)19(15)32-3/h7-8,13H,6,9-12,14H2,1-5H3. The van der Waals surface area contributed by atoms with E-state index in [2.05, 4.69) is 24.9 Å². The largest absolute Gasteiger partial charge is 0.493 e. The highest BCUT2D eigenvalue weighted by Gasteiger charge is 2.24. The summed E-state index contributed by atoms with van der Waals surface area (Å²) in [5, 5.41) is 4.35. The van der Waals surface area contributed by atoms with E-state index in [4.69, 9.17) is 18.9 Å². The molecular weight excluding hydrogens is 440 g/mol. The van der Waals surface area contributed by atoms with Crippen molar-refractivity contribution >= 4 is 17.6 Å². The molecule has 0 N–H and O–H groups in total. The first-order valence-corrected chi connectivity index (χ1v) is 11.1. The summed E-state index contributed by atoms with van der Waals surface area (Å²) in [4.78, 5) is 25.3. The number of benzene rings is 1. The van der Waals surface area contributed by atoms with Crippen molar-refractivity contribution in [2.45, 2.75) is 19.9 Å². The number of anilines is 1. The molecule has 1 fully saturated rings. The number of nitrogens with zero attached hydrogens (tertiary/aromatic N) is 6. The van der Waals surface area contributed by atoms with Gasteiger partial charge in [0.05, 0.1) is 28.4 Å². The van der Waals surface area contributed by atoms with Crippen molar-refractivity contribution in [2.75, 3.05) is 59.5 Å². The quantitative estimate of drug-likeness (QED) is 0.453. The molecule has 2 aromatic heterocycles. The van der Waals surface area contributed by atoms with E-state index < -0.39 is 5.97 Å². The van der Waals surface area contributed by atoms with Gasteiger partial charge in [-0.3, -0.25) is 4.90 Å². The number of rotatable bonds is 8. The van der Waals surface area contributed by atoms with Crippen molar-refractivity contribution in [3.8, 4) is 17.2 Å². The maximum Gasteiger partial charge on any atom is 0.378 e. The van der Waals surface area contributed by atoms with Crippen LogP contribution in [0.15, 0.2) is 18.2 Å². The molecule has 0 atom stereocenters. The van der Waals surface area contributed by atoms with Crippen molar-refractivity contribution in [2.24, 2.45) is 0 Å². The zero-order chi connectivity index (χ0) is 24.2. The van der Waals surface area contributed by atoms with Crippen LogP contribution in [0.3, 0.4) is 0 Å². The summed E-state index contributed by atoms with van der Waals surface area (Å²) in [6, 6.07) is 5.92. The molecule has 34 heavy (non-hydrogen) atoms. The van der Waals surface area contributed by atoms with Gasteiger partial charge in [0, 0.05) is 50.0 Å². The Morgan fingerprint density at radius 1 is 0.971 bits per heavy atom. The second-order valence-electron chi connectivity index (χ2n) is 7.85. The molecule has 0 unspecified atom stereocenters. The summed E-state index contributed by atoms with van der Waals surface area (Å²) >= 11 is 0. The first-order valence-electron chi connectivity index (χ1n) is 11.1. The van der Waals surface area contributed by atoms with Crippen LogP contribution in [0.25, 0.3) is 5.78 Å². The third-order valence-electron chi connectivity index (χ3n) is 5.95. The maximum absolute atomic E-state index is 11.9. The van der Waals surface area contributed by atoms with Gasteiger partial charge in [0.15, 0.2) is 11.5 Å². The highest BCUT2D eigenvalue weighted by Crippen LogP contribution is 2.40. The predicted octanol–water partition coefficient (Wildman–Crippen LogP) is 1.82. The molecule has 3 heterocycles. The molecule has 1 aromatic carbocycles. The van der Waals surface area contributed by atoms with Gasteiger partial charge in [-0.15, -0.1) is 5.10 Å². The summed E-state index contributed by atoms with van der Waals surface area (Å²) < 4.78 is 23.0. The first kappa shape index (κ1) is 23.6. The van der Waals surface area contributed by atoms with Crippen LogP contribution in [0.5, 0.6) is 17.2 Å². The molecule has 0 radical (unpaired) electrons. The SMILES string of the molecule is CCc1cc(N2CCN(Cc3ccc(OC)c(OC)c3OC)CC2)n2nc(C(=O)OC)nc2n1. The number of fused-ring (bicyclic) bond motifs is 1. The van der Waals surface area contributed by atoms with E-state index >= 15 is 0 Å². The lowest BCUT2D eigenvalue weighted by Crippen LogP contribution is -2.46. The number of hydrogen-bond donors (Lipinski definition) is 0.